The van der Waals surface area contributed by atoms with Crippen LogP contribution in [-0.2, 0) is 6.54 Å². The van der Waals surface area contributed by atoms with Crippen molar-refractivity contribution in [2.75, 3.05) is 17.3 Å². The molecule has 11 heteroatoms. The van der Waals surface area contributed by atoms with Gasteiger partial charge in [0.25, 0.3) is 5.91 Å². The van der Waals surface area contributed by atoms with Crippen molar-refractivity contribution >= 4 is 29.2 Å². The van der Waals surface area contributed by atoms with Crippen LogP contribution in [-0.4, -0.2) is 60.6 Å². The quantitative estimate of drug-likeness (QED) is 0.258. The maximum atomic E-state index is 13.7. The lowest BCUT2D eigenvalue weighted by Gasteiger charge is -2.34. The highest BCUT2D eigenvalue weighted by molar-refractivity contribution is 6.21. The van der Waals surface area contributed by atoms with E-state index in [4.69, 9.17) is 5.10 Å². The summed E-state index contributed by atoms with van der Waals surface area (Å²) in [4.78, 5) is 25.6. The van der Waals surface area contributed by atoms with Crippen LogP contribution in [0.1, 0.15) is 35.2 Å². The molecule has 0 unspecified atom stereocenters. The Kier molecular flexibility index (Phi) is 5.39. The van der Waals surface area contributed by atoms with Gasteiger partial charge >= 0.3 is 0 Å². The molecular weight excluding hydrogens is 513 g/mol. The van der Waals surface area contributed by atoms with Crippen molar-refractivity contribution < 1.29 is 19.4 Å². The van der Waals surface area contributed by atoms with Gasteiger partial charge in [-0.2, -0.15) is 9.49 Å². The minimum absolute atomic E-state index is 0.128. The molecule has 7 rings (SSSR count). The molecule has 4 heterocycles. The van der Waals surface area contributed by atoms with E-state index in [2.05, 4.69) is 15.3 Å². The van der Waals surface area contributed by atoms with Crippen LogP contribution in [0.15, 0.2) is 71.7 Å². The number of fused-ring (bicyclic) bond motifs is 5. The Bertz CT molecular complexity index is 1670. The molecule has 1 amide bonds. The smallest absolute Gasteiger partial charge is 0.267 e. The zero-order chi connectivity index (χ0) is 27.6. The molecule has 0 bridgehead atoms. The van der Waals surface area contributed by atoms with E-state index in [1.165, 1.54) is 11.0 Å². The van der Waals surface area contributed by atoms with Crippen LogP contribution in [0.3, 0.4) is 0 Å². The van der Waals surface area contributed by atoms with Crippen molar-refractivity contribution in [1.82, 2.24) is 19.7 Å². The number of benzene rings is 2. The summed E-state index contributed by atoms with van der Waals surface area (Å²) in [6.07, 6.45) is 2.09. The van der Waals surface area contributed by atoms with Crippen LogP contribution < -0.4 is 10.2 Å². The van der Waals surface area contributed by atoms with Gasteiger partial charge in [0.05, 0.1) is 18.3 Å². The number of rotatable bonds is 5. The molecule has 4 aromatic rings. The highest BCUT2D eigenvalue weighted by atomic mass is 19.1. The number of aliphatic imine (C=N–C) groups is 1. The van der Waals surface area contributed by atoms with Crippen LogP contribution in [0.2, 0.25) is 0 Å². The summed E-state index contributed by atoms with van der Waals surface area (Å²) in [5.74, 6) is 0.643. The van der Waals surface area contributed by atoms with Gasteiger partial charge in [0, 0.05) is 18.3 Å². The van der Waals surface area contributed by atoms with Crippen molar-refractivity contribution in [3.05, 3.63) is 83.8 Å². The summed E-state index contributed by atoms with van der Waals surface area (Å²) in [5.41, 5.74) is 2.02. The molecule has 40 heavy (non-hydrogen) atoms. The first-order valence-electron chi connectivity index (χ1n) is 13.1. The standard InChI is InChI=1S/C29H26FN7O3/c1-35-27(39)24-25(31-19-11-13-20(38)14-12-19)36(34-26(24)37-22-5-3-15-29(22,40)33-28(35)37)16-17-7-9-18(10-8-17)21-4-2-6-23(30)32-21/h2,4,6-14,22,31,38,40H,3,5,15-16H2,1H3/t22-,29-/m0/s1. The van der Waals surface area contributed by atoms with Gasteiger partial charge in [-0.3, -0.25) is 14.6 Å². The lowest BCUT2D eigenvalue weighted by molar-refractivity contribution is 0.0512. The lowest BCUT2D eigenvalue weighted by Crippen LogP contribution is -2.52. The van der Waals surface area contributed by atoms with Crippen molar-refractivity contribution in [2.24, 2.45) is 4.99 Å². The number of guanidine groups is 1. The Balaban J connectivity index is 1.30. The largest absolute Gasteiger partial charge is 0.508 e. The number of phenolic OH excluding ortho intramolecular Hbond substituents is 1. The normalized spacial score (nSPS) is 21.2. The van der Waals surface area contributed by atoms with Crippen LogP contribution in [0.25, 0.3) is 11.3 Å². The molecular formula is C29H26FN7O3. The highest BCUT2D eigenvalue weighted by Gasteiger charge is 2.56. The number of aromatic nitrogens is 3. The molecule has 3 aliphatic rings. The molecule has 1 saturated carbocycles. The summed E-state index contributed by atoms with van der Waals surface area (Å²) in [5, 5.41) is 29.2. The van der Waals surface area contributed by atoms with E-state index >= 15 is 0 Å². The third kappa shape index (κ3) is 3.81. The van der Waals surface area contributed by atoms with E-state index in [1.807, 2.05) is 29.2 Å². The molecule has 3 N–H and O–H groups in total. The molecule has 10 nitrogen and oxygen atoms in total. The summed E-state index contributed by atoms with van der Waals surface area (Å²) < 4.78 is 15.4. The fraction of sp³-hybridized carbons (Fsp3) is 0.241. The van der Waals surface area contributed by atoms with Crippen LogP contribution in [0, 0.1) is 5.95 Å². The first kappa shape index (κ1) is 24.3. The zero-order valence-electron chi connectivity index (χ0n) is 21.6. The average molecular weight is 540 g/mol. The van der Waals surface area contributed by atoms with Gasteiger partial charge in [-0.15, -0.1) is 0 Å². The van der Waals surface area contributed by atoms with Gasteiger partial charge in [-0.25, -0.2) is 14.7 Å². The van der Waals surface area contributed by atoms with Crippen molar-refractivity contribution in [3.63, 3.8) is 0 Å². The van der Waals surface area contributed by atoms with Crippen molar-refractivity contribution in [1.29, 1.82) is 0 Å². The Labute approximate surface area is 229 Å². The second-order valence-electron chi connectivity index (χ2n) is 10.4. The van der Waals surface area contributed by atoms with Gasteiger partial charge in [-0.1, -0.05) is 30.3 Å². The van der Waals surface area contributed by atoms with Crippen LogP contribution >= 0.6 is 0 Å². The first-order valence-corrected chi connectivity index (χ1v) is 13.1. The topological polar surface area (TPSA) is 119 Å². The summed E-state index contributed by atoms with van der Waals surface area (Å²) in [6, 6.07) is 18.5. The average Bonchev–Trinajstić information content (AvgIpc) is 3.58. The number of anilines is 3. The molecule has 2 aromatic heterocycles. The van der Waals surface area contributed by atoms with Crippen molar-refractivity contribution in [3.8, 4) is 17.0 Å². The number of carbonyl (C=O) groups is 1. The number of amides is 1. The van der Waals surface area contributed by atoms with E-state index in [9.17, 15) is 19.4 Å². The Morgan fingerprint density at radius 1 is 1.10 bits per heavy atom. The predicted molar refractivity (Wildman–Crippen MR) is 147 cm³/mol. The van der Waals surface area contributed by atoms with E-state index in [0.29, 0.717) is 47.5 Å². The van der Waals surface area contributed by atoms with Crippen LogP contribution in [0.4, 0.5) is 21.7 Å². The van der Waals surface area contributed by atoms with E-state index in [1.54, 1.807) is 48.1 Å². The summed E-state index contributed by atoms with van der Waals surface area (Å²) in [7, 11) is 1.66. The Morgan fingerprint density at radius 3 is 2.62 bits per heavy atom. The first-order chi connectivity index (χ1) is 19.3. The lowest BCUT2D eigenvalue weighted by atomic mass is 10.1. The molecule has 0 radical (unpaired) electrons. The number of pyridine rings is 1. The minimum atomic E-state index is -1.25. The zero-order valence-corrected chi connectivity index (χ0v) is 21.6. The SMILES string of the molecule is CN1C(=O)c2c(nn(Cc3ccc(-c4cccc(F)n4)cc3)c2Nc2ccc(O)cc2)N2C1=N[C@]1(O)CCC[C@H]21. The number of aromatic hydroxyl groups is 1. The number of hydrogen-bond acceptors (Lipinski definition) is 8. The number of hydrogen-bond donors (Lipinski definition) is 3. The molecule has 2 aromatic carbocycles. The minimum Gasteiger partial charge on any atom is -0.508 e. The van der Waals surface area contributed by atoms with E-state index < -0.39 is 11.7 Å². The maximum absolute atomic E-state index is 13.7. The van der Waals surface area contributed by atoms with E-state index in [-0.39, 0.29) is 17.7 Å². The second-order valence-corrected chi connectivity index (χ2v) is 10.4. The fourth-order valence-electron chi connectivity index (χ4n) is 5.78. The highest BCUT2D eigenvalue weighted by Crippen LogP contribution is 2.46. The van der Waals surface area contributed by atoms with Gasteiger partial charge < -0.3 is 15.5 Å². The van der Waals surface area contributed by atoms with E-state index in [0.717, 1.165) is 24.0 Å². The number of nitrogens with one attached hydrogen (secondary N) is 1. The maximum Gasteiger partial charge on any atom is 0.267 e. The van der Waals surface area contributed by atoms with Gasteiger partial charge in [0.1, 0.15) is 17.1 Å². The number of nitrogens with zero attached hydrogens (tertiary/aromatic N) is 6. The summed E-state index contributed by atoms with van der Waals surface area (Å²) in [6.45, 7) is 0.330. The third-order valence-corrected chi connectivity index (χ3v) is 7.78. The molecule has 202 valence electrons. The van der Waals surface area contributed by atoms with Crippen LogP contribution in [0.5, 0.6) is 5.75 Å². The molecule has 0 saturated heterocycles. The molecule has 0 spiro atoms. The monoisotopic (exact) mass is 539 g/mol. The molecule has 2 atom stereocenters. The number of carbonyl (C=O) groups excluding carboxylic acids is 1. The Morgan fingerprint density at radius 2 is 1.88 bits per heavy atom. The van der Waals surface area contributed by atoms with Crippen molar-refractivity contribution in [2.45, 2.75) is 37.6 Å². The second kappa shape index (κ2) is 8.88. The van der Waals surface area contributed by atoms with Gasteiger partial charge in [0.15, 0.2) is 11.5 Å². The third-order valence-electron chi connectivity index (χ3n) is 7.78. The molecule has 2 aliphatic heterocycles. The molecule has 1 fully saturated rings. The molecule has 1 aliphatic carbocycles. The number of halogens is 1. The summed E-state index contributed by atoms with van der Waals surface area (Å²) >= 11 is 0. The predicted octanol–water partition coefficient (Wildman–Crippen LogP) is 4.08. The number of phenols is 1. The van der Waals surface area contributed by atoms with Gasteiger partial charge in [-0.05, 0) is 61.2 Å². The number of aliphatic hydroxyl groups is 1. The fourth-order valence-corrected chi connectivity index (χ4v) is 5.78. The van der Waals surface area contributed by atoms with Gasteiger partial charge in [0.2, 0.25) is 11.9 Å². The Hall–Kier alpha value is -4.77.